The number of hydroxylamine groups is 1. The minimum absolute atomic E-state index is 0.198. The number of benzene rings is 2. The first-order valence-electron chi connectivity index (χ1n) is 8.08. The van der Waals surface area contributed by atoms with Gasteiger partial charge in [-0.3, -0.25) is 14.8 Å². The van der Waals surface area contributed by atoms with Gasteiger partial charge < -0.3 is 10.1 Å². The van der Waals surface area contributed by atoms with E-state index in [0.29, 0.717) is 11.5 Å². The highest BCUT2D eigenvalue weighted by atomic mass is 19.1. The molecule has 6 nitrogen and oxygen atoms in total. The van der Waals surface area contributed by atoms with Crippen LogP contribution in [0.3, 0.4) is 0 Å². The Labute approximate surface area is 149 Å². The Bertz CT molecular complexity index is 838. The largest absolute Gasteiger partial charge is 0.457 e. The van der Waals surface area contributed by atoms with E-state index in [-0.39, 0.29) is 18.1 Å². The Hall–Kier alpha value is -2.93. The zero-order chi connectivity index (χ0) is 18.9. The van der Waals surface area contributed by atoms with Gasteiger partial charge in [0.15, 0.2) is 0 Å². The molecule has 0 unspecified atom stereocenters. The van der Waals surface area contributed by atoms with E-state index in [1.807, 2.05) is 0 Å². The van der Waals surface area contributed by atoms with E-state index in [1.54, 1.807) is 43.6 Å². The first kappa shape index (κ1) is 17.9. The van der Waals surface area contributed by atoms with E-state index in [2.05, 4.69) is 5.32 Å². The van der Waals surface area contributed by atoms with Gasteiger partial charge in [0.2, 0.25) is 5.91 Å². The van der Waals surface area contributed by atoms with Crippen molar-refractivity contribution in [2.75, 3.05) is 0 Å². The number of carbonyl (C=O) groups excluding carboxylic acids is 2. The molecule has 2 aromatic carbocycles. The van der Waals surface area contributed by atoms with Crippen molar-refractivity contribution in [1.82, 2.24) is 10.8 Å². The summed E-state index contributed by atoms with van der Waals surface area (Å²) in [6, 6.07) is 12.6. The van der Waals surface area contributed by atoms with Crippen molar-refractivity contribution >= 4 is 11.8 Å². The van der Waals surface area contributed by atoms with E-state index < -0.39 is 16.9 Å². The van der Waals surface area contributed by atoms with Crippen molar-refractivity contribution < 1.29 is 23.9 Å². The average Bonchev–Trinajstić information content (AvgIpc) is 2.87. The first-order chi connectivity index (χ1) is 12.3. The van der Waals surface area contributed by atoms with Crippen LogP contribution in [-0.4, -0.2) is 22.6 Å². The summed E-state index contributed by atoms with van der Waals surface area (Å²) in [4.78, 5) is 24.4. The van der Waals surface area contributed by atoms with Gasteiger partial charge >= 0.3 is 0 Å². The first-order valence-corrected chi connectivity index (χ1v) is 8.08. The normalized spacial score (nSPS) is 24.8. The molecule has 1 fully saturated rings. The van der Waals surface area contributed by atoms with E-state index >= 15 is 0 Å². The van der Waals surface area contributed by atoms with Gasteiger partial charge in [-0.15, -0.1) is 0 Å². The standard InChI is InChI=1S/C19H19FN2O4/c1-18(11-19(2,17(24)22-25)21-16(18)23)12-3-7-14(8-4-12)26-15-9-5-13(20)6-10-15/h3-10,25H,11H2,1-2H3,(H,21,23)(H,22,24)/t18-,19+/m0/s1. The zero-order valence-corrected chi connectivity index (χ0v) is 14.4. The van der Waals surface area contributed by atoms with E-state index in [4.69, 9.17) is 9.94 Å². The fourth-order valence-corrected chi connectivity index (χ4v) is 3.24. The van der Waals surface area contributed by atoms with Crippen LogP contribution < -0.4 is 15.5 Å². The number of rotatable bonds is 4. The highest BCUT2D eigenvalue weighted by Gasteiger charge is 2.53. The predicted molar refractivity (Wildman–Crippen MR) is 91.4 cm³/mol. The summed E-state index contributed by atoms with van der Waals surface area (Å²) in [5, 5.41) is 11.5. The lowest BCUT2D eigenvalue weighted by molar-refractivity contribution is -0.136. The maximum atomic E-state index is 12.9. The Balaban J connectivity index is 1.80. The van der Waals surface area contributed by atoms with Gasteiger partial charge in [-0.25, -0.2) is 9.87 Å². The summed E-state index contributed by atoms with van der Waals surface area (Å²) >= 11 is 0. The lowest BCUT2D eigenvalue weighted by Gasteiger charge is -2.24. The molecular weight excluding hydrogens is 339 g/mol. The Morgan fingerprint density at radius 1 is 1.12 bits per heavy atom. The average molecular weight is 358 g/mol. The number of hydrogen-bond donors (Lipinski definition) is 3. The fraction of sp³-hybridized carbons (Fsp3) is 0.263. The van der Waals surface area contributed by atoms with Gasteiger partial charge in [-0.2, -0.15) is 0 Å². The summed E-state index contributed by atoms with van der Waals surface area (Å²) in [6.07, 6.45) is 0.198. The van der Waals surface area contributed by atoms with Crippen LogP contribution in [0, 0.1) is 5.82 Å². The maximum absolute atomic E-state index is 12.9. The van der Waals surface area contributed by atoms with Crippen molar-refractivity contribution in [2.45, 2.75) is 31.2 Å². The molecule has 3 rings (SSSR count). The Morgan fingerprint density at radius 3 is 2.19 bits per heavy atom. The quantitative estimate of drug-likeness (QED) is 0.579. The molecule has 0 saturated carbocycles. The molecule has 1 saturated heterocycles. The van der Waals surface area contributed by atoms with Crippen LogP contribution in [0.4, 0.5) is 4.39 Å². The topological polar surface area (TPSA) is 87.7 Å². The minimum Gasteiger partial charge on any atom is -0.457 e. The van der Waals surface area contributed by atoms with Crippen LogP contribution in [-0.2, 0) is 15.0 Å². The van der Waals surface area contributed by atoms with Crippen molar-refractivity contribution in [2.24, 2.45) is 0 Å². The van der Waals surface area contributed by atoms with Crippen LogP contribution >= 0.6 is 0 Å². The van der Waals surface area contributed by atoms with E-state index in [1.165, 1.54) is 24.3 Å². The third kappa shape index (κ3) is 3.13. The fourth-order valence-electron chi connectivity index (χ4n) is 3.24. The molecule has 3 N–H and O–H groups in total. The molecule has 0 spiro atoms. The monoisotopic (exact) mass is 358 g/mol. The second-order valence-corrected chi connectivity index (χ2v) is 6.82. The molecule has 136 valence electrons. The zero-order valence-electron chi connectivity index (χ0n) is 14.4. The molecule has 1 aliphatic rings. The lowest BCUT2D eigenvalue weighted by Crippen LogP contribution is -2.51. The lowest BCUT2D eigenvalue weighted by atomic mass is 9.76. The second kappa shape index (κ2) is 6.42. The van der Waals surface area contributed by atoms with Gasteiger partial charge in [0.05, 0.1) is 5.41 Å². The Morgan fingerprint density at radius 2 is 1.65 bits per heavy atom. The van der Waals surface area contributed by atoms with Gasteiger partial charge in [0, 0.05) is 0 Å². The van der Waals surface area contributed by atoms with E-state index in [9.17, 15) is 14.0 Å². The van der Waals surface area contributed by atoms with Crippen molar-refractivity contribution in [3.8, 4) is 11.5 Å². The van der Waals surface area contributed by atoms with Crippen LogP contribution in [0.15, 0.2) is 48.5 Å². The number of nitrogens with one attached hydrogen (secondary N) is 2. The molecule has 2 amide bonds. The van der Waals surface area contributed by atoms with Crippen molar-refractivity contribution in [3.63, 3.8) is 0 Å². The number of hydrogen-bond acceptors (Lipinski definition) is 4. The van der Waals surface area contributed by atoms with Gasteiger partial charge in [-0.05, 0) is 62.2 Å². The maximum Gasteiger partial charge on any atom is 0.268 e. The molecular formula is C19H19FN2O4. The number of amides is 2. The van der Waals surface area contributed by atoms with Crippen molar-refractivity contribution in [3.05, 3.63) is 59.9 Å². The summed E-state index contributed by atoms with van der Waals surface area (Å²) in [5.74, 6) is -0.265. The smallest absolute Gasteiger partial charge is 0.268 e. The third-order valence-corrected chi connectivity index (χ3v) is 4.74. The molecule has 2 aromatic rings. The second-order valence-electron chi connectivity index (χ2n) is 6.82. The van der Waals surface area contributed by atoms with Crippen molar-refractivity contribution in [1.29, 1.82) is 0 Å². The summed E-state index contributed by atoms with van der Waals surface area (Å²) in [6.45, 7) is 3.31. The molecule has 0 radical (unpaired) electrons. The molecule has 0 bridgehead atoms. The molecule has 0 aliphatic carbocycles. The third-order valence-electron chi connectivity index (χ3n) is 4.74. The molecule has 26 heavy (non-hydrogen) atoms. The number of carbonyl (C=O) groups is 2. The van der Waals surface area contributed by atoms with Crippen LogP contribution in [0.2, 0.25) is 0 Å². The van der Waals surface area contributed by atoms with Gasteiger partial charge in [0.25, 0.3) is 5.91 Å². The van der Waals surface area contributed by atoms with Crippen LogP contribution in [0.1, 0.15) is 25.8 Å². The summed E-state index contributed by atoms with van der Waals surface area (Å²) < 4.78 is 18.6. The Kier molecular flexibility index (Phi) is 4.41. The molecule has 2 atom stereocenters. The highest BCUT2D eigenvalue weighted by molar-refractivity contribution is 5.99. The number of halogens is 1. The van der Waals surface area contributed by atoms with Gasteiger partial charge in [0.1, 0.15) is 22.9 Å². The molecule has 1 heterocycles. The number of ether oxygens (including phenoxy) is 1. The predicted octanol–water partition coefficient (Wildman–Crippen LogP) is 2.66. The molecule has 1 aliphatic heterocycles. The summed E-state index contributed by atoms with van der Waals surface area (Å²) in [5.41, 5.74) is 0.204. The van der Waals surface area contributed by atoms with Gasteiger partial charge in [-0.1, -0.05) is 12.1 Å². The van der Waals surface area contributed by atoms with Crippen LogP contribution in [0.25, 0.3) is 0 Å². The summed E-state index contributed by atoms with van der Waals surface area (Å²) in [7, 11) is 0. The van der Waals surface area contributed by atoms with E-state index in [0.717, 1.165) is 5.56 Å². The highest BCUT2D eigenvalue weighted by Crippen LogP contribution is 2.39. The molecule has 0 aromatic heterocycles. The van der Waals surface area contributed by atoms with Crippen LogP contribution in [0.5, 0.6) is 11.5 Å². The minimum atomic E-state index is -1.19. The molecule has 7 heteroatoms. The SMILES string of the molecule is C[C@]1(C(=O)NO)C[C@@](C)(c2ccc(Oc3ccc(F)cc3)cc2)C(=O)N1.